The summed E-state index contributed by atoms with van der Waals surface area (Å²) in [6, 6.07) is 6.12. The predicted molar refractivity (Wildman–Crippen MR) is 70.7 cm³/mol. The van der Waals surface area contributed by atoms with E-state index in [1.807, 2.05) is 0 Å². The van der Waals surface area contributed by atoms with Gasteiger partial charge in [-0.05, 0) is 12.1 Å². The van der Waals surface area contributed by atoms with Crippen LogP contribution in [-0.2, 0) is 11.2 Å². The summed E-state index contributed by atoms with van der Waals surface area (Å²) in [5, 5.41) is 0.629. The Kier molecular flexibility index (Phi) is 4.31. The predicted octanol–water partition coefficient (Wildman–Crippen LogP) is 3.34. The summed E-state index contributed by atoms with van der Waals surface area (Å²) in [6.07, 6.45) is 0.514. The van der Waals surface area contributed by atoms with Gasteiger partial charge in [-0.25, -0.2) is 9.37 Å². The summed E-state index contributed by atoms with van der Waals surface area (Å²) >= 11 is 3.27. The zero-order valence-electron chi connectivity index (χ0n) is 10.2. The minimum absolute atomic E-state index is 0.0187. The standard InChI is InChI=1S/C13H11BrFNO3/c1-8(17)18-13-11(6-7-14)16-12(19-13)9-4-2-3-5-10(9)15/h2-5H,6-7H2,1H3. The number of carbonyl (C=O) groups excluding carboxylic acids is 1. The molecule has 2 aromatic rings. The molecule has 6 heteroatoms. The van der Waals surface area contributed by atoms with Gasteiger partial charge < -0.3 is 9.15 Å². The Hall–Kier alpha value is -1.69. The molecule has 0 atom stereocenters. The summed E-state index contributed by atoms with van der Waals surface area (Å²) in [7, 11) is 0. The Morgan fingerprint density at radius 1 is 1.47 bits per heavy atom. The molecule has 19 heavy (non-hydrogen) atoms. The maximum atomic E-state index is 13.6. The third-order valence-corrected chi connectivity index (χ3v) is 2.73. The second kappa shape index (κ2) is 5.97. The first kappa shape index (κ1) is 13.7. The number of rotatable bonds is 4. The molecule has 0 saturated carbocycles. The van der Waals surface area contributed by atoms with Gasteiger partial charge in [0.1, 0.15) is 11.5 Å². The molecule has 0 saturated heterocycles. The van der Waals surface area contributed by atoms with Crippen molar-refractivity contribution in [2.24, 2.45) is 0 Å². The van der Waals surface area contributed by atoms with Crippen molar-refractivity contribution in [1.82, 2.24) is 4.98 Å². The summed E-state index contributed by atoms with van der Waals surface area (Å²) in [5.74, 6) is -0.828. The highest BCUT2D eigenvalue weighted by atomic mass is 79.9. The Morgan fingerprint density at radius 3 is 2.84 bits per heavy atom. The van der Waals surface area contributed by atoms with E-state index < -0.39 is 11.8 Å². The van der Waals surface area contributed by atoms with Crippen LogP contribution in [0.25, 0.3) is 11.5 Å². The van der Waals surface area contributed by atoms with Crippen molar-refractivity contribution >= 4 is 21.9 Å². The fourth-order valence-electron chi connectivity index (χ4n) is 1.55. The lowest BCUT2D eigenvalue weighted by atomic mass is 10.2. The Balaban J connectivity index is 2.42. The van der Waals surface area contributed by atoms with Crippen molar-refractivity contribution in [2.45, 2.75) is 13.3 Å². The van der Waals surface area contributed by atoms with Crippen LogP contribution in [0.15, 0.2) is 28.7 Å². The smallest absolute Gasteiger partial charge is 0.316 e. The molecular formula is C13H11BrFNO3. The third kappa shape index (κ3) is 3.20. The van der Waals surface area contributed by atoms with Gasteiger partial charge in [-0.15, -0.1) is 0 Å². The summed E-state index contributed by atoms with van der Waals surface area (Å²) in [6.45, 7) is 1.27. The molecule has 1 aromatic carbocycles. The summed E-state index contributed by atoms with van der Waals surface area (Å²) < 4.78 is 23.9. The quantitative estimate of drug-likeness (QED) is 0.638. The zero-order valence-corrected chi connectivity index (χ0v) is 11.7. The Morgan fingerprint density at radius 2 is 2.21 bits per heavy atom. The minimum atomic E-state index is -0.507. The first-order valence-electron chi connectivity index (χ1n) is 5.60. The Labute approximate surface area is 117 Å². The number of ether oxygens (including phenoxy) is 1. The highest BCUT2D eigenvalue weighted by Gasteiger charge is 2.18. The second-order valence-corrected chi connectivity index (χ2v) is 4.56. The number of nitrogens with zero attached hydrogens (tertiary/aromatic N) is 1. The van der Waals surface area contributed by atoms with Crippen LogP contribution >= 0.6 is 15.9 Å². The van der Waals surface area contributed by atoms with Gasteiger partial charge in [0.05, 0.1) is 5.56 Å². The second-order valence-electron chi connectivity index (χ2n) is 3.77. The van der Waals surface area contributed by atoms with E-state index in [4.69, 9.17) is 9.15 Å². The zero-order chi connectivity index (χ0) is 13.8. The fourth-order valence-corrected chi connectivity index (χ4v) is 1.92. The van der Waals surface area contributed by atoms with E-state index in [2.05, 4.69) is 20.9 Å². The van der Waals surface area contributed by atoms with Gasteiger partial charge in [-0.1, -0.05) is 28.1 Å². The van der Waals surface area contributed by atoms with Crippen LogP contribution in [0.2, 0.25) is 0 Å². The topological polar surface area (TPSA) is 52.3 Å². The molecule has 0 amide bonds. The van der Waals surface area contributed by atoms with Crippen LogP contribution in [0.3, 0.4) is 0 Å². The molecular weight excluding hydrogens is 317 g/mol. The number of hydrogen-bond acceptors (Lipinski definition) is 4. The minimum Gasteiger partial charge on any atom is -0.405 e. The lowest BCUT2D eigenvalue weighted by Gasteiger charge is -1.97. The SMILES string of the molecule is CC(=O)Oc1oc(-c2ccccc2F)nc1CCBr. The maximum absolute atomic E-state index is 13.6. The number of aryl methyl sites for hydroxylation is 1. The van der Waals surface area contributed by atoms with E-state index in [1.165, 1.54) is 13.0 Å². The van der Waals surface area contributed by atoms with E-state index in [-0.39, 0.29) is 17.4 Å². The van der Waals surface area contributed by atoms with Crippen molar-refractivity contribution in [3.05, 3.63) is 35.8 Å². The van der Waals surface area contributed by atoms with E-state index in [1.54, 1.807) is 18.2 Å². The van der Waals surface area contributed by atoms with Crippen molar-refractivity contribution in [3.8, 4) is 17.4 Å². The number of benzene rings is 1. The van der Waals surface area contributed by atoms with Crippen LogP contribution in [0.4, 0.5) is 4.39 Å². The van der Waals surface area contributed by atoms with Gasteiger partial charge in [0.2, 0.25) is 5.89 Å². The lowest BCUT2D eigenvalue weighted by Crippen LogP contribution is -2.03. The molecule has 0 aliphatic carbocycles. The van der Waals surface area contributed by atoms with Crippen LogP contribution < -0.4 is 4.74 Å². The third-order valence-electron chi connectivity index (χ3n) is 2.33. The van der Waals surface area contributed by atoms with Crippen LogP contribution in [0, 0.1) is 5.82 Å². The van der Waals surface area contributed by atoms with E-state index in [0.29, 0.717) is 17.4 Å². The number of oxazole rings is 1. The molecule has 1 aromatic heterocycles. The number of esters is 1. The average Bonchev–Trinajstić information content (AvgIpc) is 2.72. The molecule has 2 rings (SSSR count). The van der Waals surface area contributed by atoms with E-state index >= 15 is 0 Å². The molecule has 4 nitrogen and oxygen atoms in total. The molecule has 0 spiro atoms. The summed E-state index contributed by atoms with van der Waals surface area (Å²) in [5.41, 5.74) is 0.710. The number of aromatic nitrogens is 1. The molecule has 0 aliphatic heterocycles. The van der Waals surface area contributed by atoms with Gasteiger partial charge >= 0.3 is 11.9 Å². The Bertz CT molecular complexity index is 597. The highest BCUT2D eigenvalue weighted by molar-refractivity contribution is 9.09. The van der Waals surface area contributed by atoms with Gasteiger partial charge in [0.15, 0.2) is 0 Å². The van der Waals surface area contributed by atoms with E-state index in [9.17, 15) is 9.18 Å². The normalized spacial score (nSPS) is 10.5. The molecule has 0 aliphatic rings. The molecule has 0 bridgehead atoms. The molecule has 100 valence electrons. The number of hydrogen-bond donors (Lipinski definition) is 0. The average molecular weight is 328 g/mol. The highest BCUT2D eigenvalue weighted by Crippen LogP contribution is 2.29. The number of halogens is 2. The molecule has 0 unspecified atom stereocenters. The fraction of sp³-hybridized carbons (Fsp3) is 0.231. The molecule has 0 fully saturated rings. The van der Waals surface area contributed by atoms with Crippen molar-refractivity contribution in [1.29, 1.82) is 0 Å². The maximum Gasteiger partial charge on any atom is 0.316 e. The van der Waals surface area contributed by atoms with Gasteiger partial charge in [-0.3, -0.25) is 4.79 Å². The van der Waals surface area contributed by atoms with Crippen molar-refractivity contribution < 1.29 is 18.3 Å². The molecule has 0 N–H and O–H groups in total. The van der Waals surface area contributed by atoms with Crippen molar-refractivity contribution in [3.63, 3.8) is 0 Å². The van der Waals surface area contributed by atoms with Crippen LogP contribution in [-0.4, -0.2) is 16.3 Å². The van der Waals surface area contributed by atoms with Gasteiger partial charge in [0, 0.05) is 18.7 Å². The first-order valence-corrected chi connectivity index (χ1v) is 6.73. The van der Waals surface area contributed by atoms with E-state index in [0.717, 1.165) is 0 Å². The summed E-state index contributed by atoms with van der Waals surface area (Å²) in [4.78, 5) is 15.2. The van der Waals surface area contributed by atoms with Gasteiger partial charge in [-0.2, -0.15) is 0 Å². The van der Waals surface area contributed by atoms with Crippen LogP contribution in [0.1, 0.15) is 12.6 Å². The monoisotopic (exact) mass is 327 g/mol. The van der Waals surface area contributed by atoms with Crippen LogP contribution in [0.5, 0.6) is 5.95 Å². The number of alkyl halides is 1. The van der Waals surface area contributed by atoms with Crippen molar-refractivity contribution in [2.75, 3.05) is 5.33 Å². The van der Waals surface area contributed by atoms with Gasteiger partial charge in [0.25, 0.3) is 0 Å². The first-order chi connectivity index (χ1) is 9.11. The lowest BCUT2D eigenvalue weighted by molar-refractivity contribution is -0.133. The number of carbonyl (C=O) groups is 1. The largest absolute Gasteiger partial charge is 0.405 e. The molecule has 1 heterocycles. The molecule has 0 radical (unpaired) electrons.